The van der Waals surface area contributed by atoms with E-state index in [2.05, 4.69) is 5.32 Å². The SMILES string of the molecule is CC(=O)N[C@@H]1CCCC[C@@H]1OC(C)=O. The summed E-state index contributed by atoms with van der Waals surface area (Å²) in [6, 6.07) is 0.00477. The van der Waals surface area contributed by atoms with Crippen LogP contribution in [0.3, 0.4) is 0 Å². The van der Waals surface area contributed by atoms with Gasteiger partial charge in [0.2, 0.25) is 5.91 Å². The molecule has 0 saturated heterocycles. The molecule has 1 amide bonds. The van der Waals surface area contributed by atoms with Crippen molar-refractivity contribution in [1.82, 2.24) is 5.32 Å². The highest BCUT2D eigenvalue weighted by Crippen LogP contribution is 2.21. The molecule has 0 unspecified atom stereocenters. The van der Waals surface area contributed by atoms with Gasteiger partial charge in [-0.25, -0.2) is 0 Å². The van der Waals surface area contributed by atoms with Gasteiger partial charge in [-0.05, 0) is 19.3 Å². The Balaban J connectivity index is 2.49. The van der Waals surface area contributed by atoms with Crippen LogP contribution < -0.4 is 5.32 Å². The summed E-state index contributed by atoms with van der Waals surface area (Å²) in [5.41, 5.74) is 0. The highest BCUT2D eigenvalue weighted by atomic mass is 16.5. The summed E-state index contributed by atoms with van der Waals surface area (Å²) in [6.45, 7) is 2.89. The minimum Gasteiger partial charge on any atom is -0.460 e. The van der Waals surface area contributed by atoms with Crippen molar-refractivity contribution < 1.29 is 14.3 Å². The lowest BCUT2D eigenvalue weighted by atomic mass is 9.92. The number of carbonyl (C=O) groups is 2. The summed E-state index contributed by atoms with van der Waals surface area (Å²) in [5, 5.41) is 2.82. The molecule has 4 heteroatoms. The highest BCUT2D eigenvalue weighted by molar-refractivity contribution is 5.73. The average Bonchev–Trinajstić information content (AvgIpc) is 2.06. The van der Waals surface area contributed by atoms with Gasteiger partial charge in [0.05, 0.1) is 6.04 Å². The van der Waals surface area contributed by atoms with Crippen LogP contribution in [0, 0.1) is 0 Å². The fraction of sp³-hybridized carbons (Fsp3) is 0.800. The van der Waals surface area contributed by atoms with Gasteiger partial charge in [-0.15, -0.1) is 0 Å². The van der Waals surface area contributed by atoms with Crippen LogP contribution in [-0.4, -0.2) is 24.0 Å². The Morgan fingerprint density at radius 2 is 1.86 bits per heavy atom. The van der Waals surface area contributed by atoms with Gasteiger partial charge in [0.15, 0.2) is 0 Å². The summed E-state index contributed by atoms with van der Waals surface area (Å²) in [6.07, 6.45) is 3.77. The second-order valence-corrected chi connectivity index (χ2v) is 3.74. The molecule has 1 aliphatic rings. The standard InChI is InChI=1S/C10H17NO3/c1-7(12)11-9-5-3-4-6-10(9)14-8(2)13/h9-10H,3-6H2,1-2H3,(H,11,12)/t9-,10+/m1/s1. The summed E-state index contributed by atoms with van der Waals surface area (Å²) < 4.78 is 5.15. The van der Waals surface area contributed by atoms with Crippen molar-refractivity contribution in [3.05, 3.63) is 0 Å². The molecule has 4 nitrogen and oxygen atoms in total. The van der Waals surface area contributed by atoms with Crippen LogP contribution in [0.5, 0.6) is 0 Å². The van der Waals surface area contributed by atoms with E-state index in [-0.39, 0.29) is 24.0 Å². The molecule has 1 aliphatic carbocycles. The molecule has 0 aromatic rings. The molecule has 0 aliphatic heterocycles. The van der Waals surface area contributed by atoms with Crippen molar-refractivity contribution in [1.29, 1.82) is 0 Å². The molecule has 14 heavy (non-hydrogen) atoms. The second kappa shape index (κ2) is 4.98. The number of carbonyl (C=O) groups excluding carboxylic acids is 2. The number of hydrogen-bond donors (Lipinski definition) is 1. The van der Waals surface area contributed by atoms with Crippen LogP contribution in [0.15, 0.2) is 0 Å². The first-order valence-electron chi connectivity index (χ1n) is 5.04. The molecule has 2 atom stereocenters. The fourth-order valence-electron chi connectivity index (χ4n) is 1.88. The topological polar surface area (TPSA) is 55.4 Å². The lowest BCUT2D eigenvalue weighted by Crippen LogP contribution is -2.46. The smallest absolute Gasteiger partial charge is 0.302 e. The van der Waals surface area contributed by atoms with Crippen LogP contribution in [-0.2, 0) is 14.3 Å². The van der Waals surface area contributed by atoms with E-state index in [1.807, 2.05) is 0 Å². The van der Waals surface area contributed by atoms with Crippen LogP contribution in [0.4, 0.5) is 0 Å². The maximum atomic E-state index is 10.9. The van der Waals surface area contributed by atoms with E-state index in [4.69, 9.17) is 4.74 Å². The number of rotatable bonds is 2. The van der Waals surface area contributed by atoms with Crippen molar-refractivity contribution in [2.24, 2.45) is 0 Å². The molecule has 0 radical (unpaired) electrons. The Labute approximate surface area is 84.0 Å². The number of nitrogens with one attached hydrogen (secondary N) is 1. The fourth-order valence-corrected chi connectivity index (χ4v) is 1.88. The molecular weight excluding hydrogens is 182 g/mol. The third kappa shape index (κ3) is 3.36. The lowest BCUT2D eigenvalue weighted by molar-refractivity contribution is -0.150. The van der Waals surface area contributed by atoms with E-state index in [1.54, 1.807) is 0 Å². The monoisotopic (exact) mass is 199 g/mol. The van der Waals surface area contributed by atoms with Crippen molar-refractivity contribution in [3.63, 3.8) is 0 Å². The zero-order valence-electron chi connectivity index (χ0n) is 8.71. The van der Waals surface area contributed by atoms with E-state index in [1.165, 1.54) is 13.8 Å². The molecule has 1 fully saturated rings. The van der Waals surface area contributed by atoms with Gasteiger partial charge in [-0.2, -0.15) is 0 Å². The summed E-state index contributed by atoms with van der Waals surface area (Å²) in [7, 11) is 0. The molecule has 0 aromatic heterocycles. The Morgan fingerprint density at radius 1 is 1.21 bits per heavy atom. The number of hydrogen-bond acceptors (Lipinski definition) is 3. The van der Waals surface area contributed by atoms with Gasteiger partial charge in [-0.3, -0.25) is 9.59 Å². The van der Waals surface area contributed by atoms with Crippen LogP contribution >= 0.6 is 0 Å². The summed E-state index contributed by atoms with van der Waals surface area (Å²) in [5.74, 6) is -0.332. The van der Waals surface area contributed by atoms with Gasteiger partial charge in [0.25, 0.3) is 0 Å². The third-order valence-electron chi connectivity index (χ3n) is 2.41. The van der Waals surface area contributed by atoms with Gasteiger partial charge in [0, 0.05) is 13.8 Å². The first-order valence-corrected chi connectivity index (χ1v) is 5.04. The largest absolute Gasteiger partial charge is 0.460 e. The molecule has 0 bridgehead atoms. The van der Waals surface area contributed by atoms with Gasteiger partial charge in [-0.1, -0.05) is 6.42 Å². The van der Waals surface area contributed by atoms with Crippen LogP contribution in [0.1, 0.15) is 39.5 Å². The Bertz CT molecular complexity index is 203. The van der Waals surface area contributed by atoms with E-state index in [0.29, 0.717) is 0 Å². The molecule has 1 rings (SSSR count). The minimum atomic E-state index is -0.271. The number of amides is 1. The first kappa shape index (κ1) is 11.0. The lowest BCUT2D eigenvalue weighted by Gasteiger charge is -2.31. The predicted molar refractivity (Wildman–Crippen MR) is 51.6 cm³/mol. The quantitative estimate of drug-likeness (QED) is 0.675. The molecule has 80 valence electrons. The van der Waals surface area contributed by atoms with E-state index in [0.717, 1.165) is 25.7 Å². The van der Waals surface area contributed by atoms with Gasteiger partial charge >= 0.3 is 5.97 Å². The summed E-state index contributed by atoms with van der Waals surface area (Å²) >= 11 is 0. The average molecular weight is 199 g/mol. The molecule has 0 spiro atoms. The number of esters is 1. The van der Waals surface area contributed by atoms with Gasteiger partial charge in [0.1, 0.15) is 6.10 Å². The highest BCUT2D eigenvalue weighted by Gasteiger charge is 2.27. The summed E-state index contributed by atoms with van der Waals surface area (Å²) in [4.78, 5) is 21.7. The third-order valence-corrected chi connectivity index (χ3v) is 2.41. The number of ether oxygens (including phenoxy) is 1. The van der Waals surface area contributed by atoms with Crippen molar-refractivity contribution in [2.75, 3.05) is 0 Å². The molecular formula is C10H17NO3. The van der Waals surface area contributed by atoms with E-state index < -0.39 is 0 Å². The minimum absolute atomic E-state index is 0.00477. The molecule has 0 aromatic carbocycles. The molecule has 1 saturated carbocycles. The van der Waals surface area contributed by atoms with Gasteiger partial charge < -0.3 is 10.1 Å². The normalized spacial score (nSPS) is 26.7. The van der Waals surface area contributed by atoms with Crippen molar-refractivity contribution >= 4 is 11.9 Å². The Morgan fingerprint density at radius 3 is 2.43 bits per heavy atom. The first-order chi connectivity index (χ1) is 6.59. The van der Waals surface area contributed by atoms with E-state index in [9.17, 15) is 9.59 Å². The van der Waals surface area contributed by atoms with Crippen molar-refractivity contribution in [3.8, 4) is 0 Å². The maximum absolute atomic E-state index is 10.9. The zero-order valence-corrected chi connectivity index (χ0v) is 8.71. The Hall–Kier alpha value is -1.06. The van der Waals surface area contributed by atoms with Crippen LogP contribution in [0.25, 0.3) is 0 Å². The maximum Gasteiger partial charge on any atom is 0.302 e. The van der Waals surface area contributed by atoms with Crippen molar-refractivity contribution in [2.45, 2.75) is 51.7 Å². The zero-order chi connectivity index (χ0) is 10.6. The van der Waals surface area contributed by atoms with E-state index >= 15 is 0 Å². The predicted octanol–water partition coefficient (Wildman–Crippen LogP) is 0.997. The molecule has 0 heterocycles. The van der Waals surface area contributed by atoms with Crippen LogP contribution in [0.2, 0.25) is 0 Å². The Kier molecular flexibility index (Phi) is 3.92. The second-order valence-electron chi connectivity index (χ2n) is 3.74. The molecule has 1 N–H and O–H groups in total.